The van der Waals surface area contributed by atoms with Crippen LogP contribution in [-0.2, 0) is 0 Å². The summed E-state index contributed by atoms with van der Waals surface area (Å²) in [7, 11) is 3.72. The van der Waals surface area contributed by atoms with Gasteiger partial charge in [-0.2, -0.15) is 0 Å². The Morgan fingerprint density at radius 3 is 3.06 bits per heavy atom. The van der Waals surface area contributed by atoms with Crippen molar-refractivity contribution in [3.63, 3.8) is 0 Å². The van der Waals surface area contributed by atoms with Gasteiger partial charge in [0.15, 0.2) is 11.6 Å². The molecule has 0 radical (unpaired) electrons. The molecule has 3 N–H and O–H groups in total. The highest BCUT2D eigenvalue weighted by molar-refractivity contribution is 5.61. The van der Waals surface area contributed by atoms with Crippen molar-refractivity contribution in [3.05, 3.63) is 6.33 Å². The summed E-state index contributed by atoms with van der Waals surface area (Å²) in [6, 6.07) is 0.552. The summed E-state index contributed by atoms with van der Waals surface area (Å²) in [5.74, 6) is 1.55. The van der Waals surface area contributed by atoms with Gasteiger partial charge in [0, 0.05) is 12.6 Å². The Kier molecular flexibility index (Phi) is 3.63. The minimum Gasteiger partial charge on any atom is -0.490 e. The lowest BCUT2D eigenvalue weighted by atomic mass is 10.2. The predicted octanol–water partition coefficient (Wildman–Crippen LogP) is 0.574. The quantitative estimate of drug-likeness (QED) is 0.797. The smallest absolute Gasteiger partial charge is 0.203 e. The fourth-order valence-corrected chi connectivity index (χ4v) is 2.17. The minimum absolute atomic E-state index is 0.366. The molecule has 94 valence electrons. The van der Waals surface area contributed by atoms with Gasteiger partial charge in [0.1, 0.15) is 6.33 Å². The van der Waals surface area contributed by atoms with Gasteiger partial charge in [0.05, 0.1) is 7.11 Å². The highest BCUT2D eigenvalue weighted by Crippen LogP contribution is 2.26. The van der Waals surface area contributed by atoms with E-state index >= 15 is 0 Å². The molecule has 1 aliphatic rings. The van der Waals surface area contributed by atoms with Crippen molar-refractivity contribution >= 4 is 11.6 Å². The number of aromatic nitrogens is 2. The minimum atomic E-state index is 0.366. The van der Waals surface area contributed by atoms with Crippen LogP contribution in [0, 0.1) is 0 Å². The summed E-state index contributed by atoms with van der Waals surface area (Å²) >= 11 is 0. The zero-order chi connectivity index (χ0) is 12.3. The highest BCUT2D eigenvalue weighted by Gasteiger charge is 2.21. The maximum Gasteiger partial charge on any atom is 0.203 e. The van der Waals surface area contributed by atoms with Crippen LogP contribution < -0.4 is 15.8 Å². The van der Waals surface area contributed by atoms with Crippen molar-refractivity contribution in [2.75, 3.05) is 38.3 Å². The third-order valence-corrected chi connectivity index (χ3v) is 3.21. The van der Waals surface area contributed by atoms with Crippen LogP contribution in [0.5, 0.6) is 5.75 Å². The molecule has 0 saturated carbocycles. The van der Waals surface area contributed by atoms with Crippen LogP contribution in [0.3, 0.4) is 0 Å². The number of hydrogen-bond acceptors (Lipinski definition) is 6. The molecular formula is C11H19N5O. The van der Waals surface area contributed by atoms with Crippen molar-refractivity contribution in [2.45, 2.75) is 18.9 Å². The van der Waals surface area contributed by atoms with Crippen LogP contribution in [0.15, 0.2) is 6.33 Å². The number of rotatable bonds is 4. The number of methoxy groups -OCH3 is 1. The number of likely N-dealkylation sites (tertiary alicyclic amines) is 1. The molecule has 0 aromatic carbocycles. The monoisotopic (exact) mass is 237 g/mol. The van der Waals surface area contributed by atoms with Crippen molar-refractivity contribution in [1.82, 2.24) is 14.9 Å². The van der Waals surface area contributed by atoms with Gasteiger partial charge in [-0.05, 0) is 26.4 Å². The maximum absolute atomic E-state index is 5.72. The lowest BCUT2D eigenvalue weighted by Crippen LogP contribution is -2.31. The standard InChI is InChI=1S/C11H19N5O/c1-16-5-3-4-8(16)6-13-11-9(17-2)10(12)14-7-15-11/h7-8H,3-6H2,1-2H3,(H3,12,13,14,15). The lowest BCUT2D eigenvalue weighted by Gasteiger charge is -2.20. The lowest BCUT2D eigenvalue weighted by molar-refractivity contribution is 0.321. The van der Waals surface area contributed by atoms with Gasteiger partial charge in [-0.25, -0.2) is 9.97 Å². The first-order chi connectivity index (χ1) is 8.22. The highest BCUT2D eigenvalue weighted by atomic mass is 16.5. The van der Waals surface area contributed by atoms with Gasteiger partial charge in [-0.3, -0.25) is 0 Å². The summed E-state index contributed by atoms with van der Waals surface area (Å²) in [5.41, 5.74) is 5.72. The molecular weight excluding hydrogens is 218 g/mol. The molecule has 1 aromatic rings. The van der Waals surface area contributed by atoms with E-state index in [1.165, 1.54) is 19.2 Å². The maximum atomic E-state index is 5.72. The zero-order valence-corrected chi connectivity index (χ0v) is 10.3. The molecule has 1 unspecified atom stereocenters. The second-order valence-corrected chi connectivity index (χ2v) is 4.30. The largest absolute Gasteiger partial charge is 0.490 e. The van der Waals surface area contributed by atoms with Crippen LogP contribution >= 0.6 is 0 Å². The molecule has 1 aromatic heterocycles. The van der Waals surface area contributed by atoms with E-state index in [2.05, 4.69) is 27.2 Å². The van der Waals surface area contributed by atoms with E-state index in [0.717, 1.165) is 13.1 Å². The molecule has 2 rings (SSSR count). The molecule has 0 amide bonds. The van der Waals surface area contributed by atoms with Gasteiger partial charge in [0.2, 0.25) is 5.75 Å². The molecule has 1 fully saturated rings. The molecule has 6 heteroatoms. The molecule has 2 heterocycles. The number of likely N-dealkylation sites (N-methyl/N-ethyl adjacent to an activating group) is 1. The first kappa shape index (κ1) is 11.9. The van der Waals surface area contributed by atoms with Crippen LogP contribution in [0.25, 0.3) is 0 Å². The molecule has 1 saturated heterocycles. The number of nitrogens with one attached hydrogen (secondary N) is 1. The Hall–Kier alpha value is -1.56. The van der Waals surface area contributed by atoms with Crippen molar-refractivity contribution in [3.8, 4) is 5.75 Å². The normalized spacial score (nSPS) is 20.5. The van der Waals surface area contributed by atoms with E-state index in [-0.39, 0.29) is 0 Å². The first-order valence-corrected chi connectivity index (χ1v) is 5.81. The number of anilines is 2. The molecule has 1 atom stereocenters. The third-order valence-electron chi connectivity index (χ3n) is 3.21. The average Bonchev–Trinajstić information content (AvgIpc) is 2.72. The number of nitrogens with two attached hydrogens (primary N) is 1. The molecule has 1 aliphatic heterocycles. The van der Waals surface area contributed by atoms with E-state index in [1.54, 1.807) is 7.11 Å². The Bertz CT molecular complexity index is 384. The van der Waals surface area contributed by atoms with Gasteiger partial charge in [-0.15, -0.1) is 0 Å². The summed E-state index contributed by atoms with van der Waals surface area (Å²) in [6.45, 7) is 2.01. The van der Waals surface area contributed by atoms with Crippen LogP contribution in [-0.4, -0.2) is 48.2 Å². The van der Waals surface area contributed by atoms with E-state index in [9.17, 15) is 0 Å². The van der Waals surface area contributed by atoms with E-state index in [4.69, 9.17) is 10.5 Å². The van der Waals surface area contributed by atoms with Gasteiger partial charge in [0.25, 0.3) is 0 Å². The van der Waals surface area contributed by atoms with Crippen molar-refractivity contribution in [2.24, 2.45) is 0 Å². The van der Waals surface area contributed by atoms with Crippen LogP contribution in [0.1, 0.15) is 12.8 Å². The predicted molar refractivity (Wildman–Crippen MR) is 67.1 cm³/mol. The van der Waals surface area contributed by atoms with E-state index in [0.29, 0.717) is 23.4 Å². The zero-order valence-electron chi connectivity index (χ0n) is 10.3. The van der Waals surface area contributed by atoms with Gasteiger partial charge >= 0.3 is 0 Å². The fraction of sp³-hybridized carbons (Fsp3) is 0.636. The van der Waals surface area contributed by atoms with Crippen LogP contribution in [0.4, 0.5) is 11.6 Å². The fourth-order valence-electron chi connectivity index (χ4n) is 2.17. The van der Waals surface area contributed by atoms with Gasteiger partial charge in [-0.1, -0.05) is 0 Å². The SMILES string of the molecule is COc1c(N)ncnc1NCC1CCCN1C. The summed E-state index contributed by atoms with van der Waals surface area (Å²) < 4.78 is 5.19. The first-order valence-electron chi connectivity index (χ1n) is 5.81. The molecule has 0 spiro atoms. The number of hydrogen-bond donors (Lipinski definition) is 2. The molecule has 0 aliphatic carbocycles. The topological polar surface area (TPSA) is 76.3 Å². The Morgan fingerprint density at radius 1 is 1.59 bits per heavy atom. The molecule has 0 bridgehead atoms. The Morgan fingerprint density at radius 2 is 2.41 bits per heavy atom. The number of nitrogen functional groups attached to an aromatic ring is 1. The molecule has 6 nitrogen and oxygen atoms in total. The Balaban J connectivity index is 2.01. The van der Waals surface area contributed by atoms with Crippen molar-refractivity contribution in [1.29, 1.82) is 0 Å². The summed E-state index contributed by atoms with van der Waals surface area (Å²) in [6.07, 6.45) is 3.91. The second kappa shape index (κ2) is 5.18. The van der Waals surface area contributed by atoms with Crippen LogP contribution in [0.2, 0.25) is 0 Å². The third kappa shape index (κ3) is 2.58. The van der Waals surface area contributed by atoms with E-state index in [1.807, 2.05) is 0 Å². The van der Waals surface area contributed by atoms with Gasteiger partial charge < -0.3 is 20.7 Å². The Labute approximate surface area is 101 Å². The number of nitrogens with zero attached hydrogens (tertiary/aromatic N) is 3. The summed E-state index contributed by atoms with van der Waals surface area (Å²) in [5, 5.41) is 3.28. The van der Waals surface area contributed by atoms with E-state index < -0.39 is 0 Å². The average molecular weight is 237 g/mol. The summed E-state index contributed by atoms with van der Waals surface area (Å²) in [4.78, 5) is 10.4. The number of ether oxygens (including phenoxy) is 1. The van der Waals surface area contributed by atoms with Crippen molar-refractivity contribution < 1.29 is 4.74 Å². The second-order valence-electron chi connectivity index (χ2n) is 4.30. The molecule has 17 heavy (non-hydrogen) atoms.